The smallest absolute Gasteiger partial charge is 0.263 e. The van der Waals surface area contributed by atoms with E-state index in [0.717, 1.165) is 54.8 Å². The minimum absolute atomic E-state index is 0.0540. The van der Waals surface area contributed by atoms with Crippen LogP contribution in [0, 0.1) is 0 Å². The van der Waals surface area contributed by atoms with Gasteiger partial charge in [-0.15, -0.1) is 11.3 Å². The number of aromatic nitrogens is 1. The van der Waals surface area contributed by atoms with Crippen LogP contribution >= 0.6 is 11.3 Å². The Bertz CT molecular complexity index is 1010. The van der Waals surface area contributed by atoms with E-state index in [1.165, 1.54) is 22.5 Å². The van der Waals surface area contributed by atoms with Crippen LogP contribution in [0.15, 0.2) is 36.4 Å². The van der Waals surface area contributed by atoms with Gasteiger partial charge in [0.1, 0.15) is 9.71 Å². The Labute approximate surface area is 162 Å². The van der Waals surface area contributed by atoms with Crippen LogP contribution in [0.4, 0.5) is 5.69 Å². The molecular weight excluding hydrogens is 356 g/mol. The van der Waals surface area contributed by atoms with Gasteiger partial charge in [0.25, 0.3) is 5.91 Å². The Morgan fingerprint density at radius 1 is 1.30 bits per heavy atom. The van der Waals surface area contributed by atoms with E-state index in [9.17, 15) is 4.79 Å². The van der Waals surface area contributed by atoms with E-state index in [-0.39, 0.29) is 5.91 Å². The minimum Gasteiger partial charge on any atom is -0.397 e. The summed E-state index contributed by atoms with van der Waals surface area (Å²) in [6.07, 6.45) is 3.07. The number of nitrogens with zero attached hydrogens (tertiary/aromatic N) is 2. The Balaban J connectivity index is 1.42. The van der Waals surface area contributed by atoms with Crippen molar-refractivity contribution in [3.63, 3.8) is 0 Å². The molecule has 5 nitrogen and oxygen atoms in total. The monoisotopic (exact) mass is 378 g/mol. The second-order valence-corrected chi connectivity index (χ2v) is 8.48. The van der Waals surface area contributed by atoms with Gasteiger partial charge in [0, 0.05) is 43.2 Å². The number of nitrogen functional groups attached to an aromatic ring is 1. The standard InChI is InChI=1S/C21H22N4OS/c22-18-16-10-14-12-25(11-13-4-2-1-3-5-13)9-8-17(14)24-21(16)27-19(18)20(26)23-15-6-7-15/h1-5,10,15H,6-9,11-12,22H2,(H,23,26). The number of thiophene rings is 1. The highest BCUT2D eigenvalue weighted by Gasteiger charge is 2.27. The zero-order valence-corrected chi connectivity index (χ0v) is 15.9. The van der Waals surface area contributed by atoms with Crippen molar-refractivity contribution in [2.24, 2.45) is 0 Å². The second-order valence-electron chi connectivity index (χ2n) is 7.49. The van der Waals surface area contributed by atoms with Gasteiger partial charge in [-0.2, -0.15) is 0 Å². The molecule has 1 aliphatic carbocycles. The molecule has 3 heterocycles. The molecule has 1 amide bonds. The maximum absolute atomic E-state index is 12.4. The van der Waals surface area contributed by atoms with E-state index in [1.54, 1.807) is 0 Å². The maximum atomic E-state index is 12.4. The van der Waals surface area contributed by atoms with Crippen LogP contribution in [-0.2, 0) is 19.5 Å². The summed E-state index contributed by atoms with van der Waals surface area (Å²) in [5, 5.41) is 3.95. The molecular formula is C21H22N4OS. The number of hydrogen-bond acceptors (Lipinski definition) is 5. The van der Waals surface area contributed by atoms with Crippen LogP contribution in [-0.4, -0.2) is 28.4 Å². The van der Waals surface area contributed by atoms with Crippen molar-refractivity contribution in [3.05, 3.63) is 58.1 Å². The van der Waals surface area contributed by atoms with Gasteiger partial charge in [0.15, 0.2) is 0 Å². The molecule has 1 aliphatic heterocycles. The molecule has 3 aromatic rings. The average Bonchev–Trinajstić information content (AvgIpc) is 3.44. The fourth-order valence-corrected chi connectivity index (χ4v) is 4.68. The number of hydrogen-bond donors (Lipinski definition) is 2. The van der Waals surface area contributed by atoms with Crippen LogP contribution < -0.4 is 11.1 Å². The molecule has 0 saturated heterocycles. The molecule has 138 valence electrons. The van der Waals surface area contributed by atoms with Crippen LogP contribution in [0.5, 0.6) is 0 Å². The van der Waals surface area contributed by atoms with Crippen LogP contribution in [0.1, 0.15) is 39.3 Å². The van der Waals surface area contributed by atoms with Crippen molar-refractivity contribution in [1.29, 1.82) is 0 Å². The lowest BCUT2D eigenvalue weighted by molar-refractivity contribution is 0.0956. The van der Waals surface area contributed by atoms with Crippen molar-refractivity contribution in [2.75, 3.05) is 12.3 Å². The number of rotatable bonds is 4. The SMILES string of the molecule is Nc1c(C(=O)NC2CC2)sc2nc3c(cc12)CN(Cc1ccccc1)CC3. The topological polar surface area (TPSA) is 71.2 Å². The number of amides is 1. The molecule has 1 aromatic carbocycles. The summed E-state index contributed by atoms with van der Waals surface area (Å²) in [4.78, 5) is 21.2. The van der Waals surface area contributed by atoms with E-state index in [2.05, 4.69) is 40.5 Å². The predicted molar refractivity (Wildman–Crippen MR) is 109 cm³/mol. The van der Waals surface area contributed by atoms with Gasteiger partial charge in [-0.25, -0.2) is 4.98 Å². The number of benzene rings is 1. The van der Waals surface area contributed by atoms with Gasteiger partial charge < -0.3 is 11.1 Å². The Hall–Kier alpha value is -2.44. The molecule has 6 heteroatoms. The first-order chi connectivity index (χ1) is 13.2. The van der Waals surface area contributed by atoms with Gasteiger partial charge in [0.05, 0.1) is 5.69 Å². The maximum Gasteiger partial charge on any atom is 0.263 e. The van der Waals surface area contributed by atoms with E-state index in [0.29, 0.717) is 16.6 Å². The van der Waals surface area contributed by atoms with E-state index < -0.39 is 0 Å². The van der Waals surface area contributed by atoms with Crippen LogP contribution in [0.2, 0.25) is 0 Å². The molecule has 2 aliphatic rings. The highest BCUT2D eigenvalue weighted by Crippen LogP contribution is 2.35. The number of carbonyl (C=O) groups excluding carboxylic acids is 1. The number of carbonyl (C=O) groups is 1. The van der Waals surface area contributed by atoms with Crippen LogP contribution in [0.3, 0.4) is 0 Å². The summed E-state index contributed by atoms with van der Waals surface area (Å²) >= 11 is 1.42. The summed E-state index contributed by atoms with van der Waals surface area (Å²) in [6.45, 7) is 2.80. The van der Waals surface area contributed by atoms with Crippen LogP contribution in [0.25, 0.3) is 10.2 Å². The van der Waals surface area contributed by atoms with Crippen molar-refractivity contribution < 1.29 is 4.79 Å². The molecule has 3 N–H and O–H groups in total. The zero-order chi connectivity index (χ0) is 18.4. The number of fused-ring (bicyclic) bond motifs is 2. The Morgan fingerprint density at radius 2 is 2.11 bits per heavy atom. The van der Waals surface area contributed by atoms with Gasteiger partial charge >= 0.3 is 0 Å². The van der Waals surface area contributed by atoms with E-state index >= 15 is 0 Å². The first kappa shape index (κ1) is 16.7. The summed E-state index contributed by atoms with van der Waals surface area (Å²) in [5.74, 6) is -0.0540. The highest BCUT2D eigenvalue weighted by atomic mass is 32.1. The first-order valence-electron chi connectivity index (χ1n) is 9.45. The predicted octanol–water partition coefficient (Wildman–Crippen LogP) is 3.33. The first-order valence-corrected chi connectivity index (χ1v) is 10.3. The Kier molecular flexibility index (Phi) is 4.10. The lowest BCUT2D eigenvalue weighted by Gasteiger charge is -2.28. The number of nitrogens with two attached hydrogens (primary N) is 1. The third-order valence-electron chi connectivity index (χ3n) is 5.32. The summed E-state index contributed by atoms with van der Waals surface area (Å²) in [5.41, 5.74) is 10.6. The summed E-state index contributed by atoms with van der Waals surface area (Å²) in [6, 6.07) is 13.0. The average molecular weight is 379 g/mol. The molecule has 0 spiro atoms. The third kappa shape index (κ3) is 3.31. The largest absolute Gasteiger partial charge is 0.397 e. The van der Waals surface area contributed by atoms with Gasteiger partial charge in [-0.1, -0.05) is 30.3 Å². The number of pyridine rings is 1. The van der Waals surface area contributed by atoms with E-state index in [4.69, 9.17) is 10.7 Å². The number of nitrogens with one attached hydrogen (secondary N) is 1. The quantitative estimate of drug-likeness (QED) is 0.730. The summed E-state index contributed by atoms with van der Waals surface area (Å²) in [7, 11) is 0. The van der Waals surface area contributed by atoms with Crippen molar-refractivity contribution in [1.82, 2.24) is 15.2 Å². The Morgan fingerprint density at radius 3 is 2.89 bits per heavy atom. The fourth-order valence-electron chi connectivity index (χ4n) is 3.68. The molecule has 0 radical (unpaired) electrons. The highest BCUT2D eigenvalue weighted by molar-refractivity contribution is 7.21. The van der Waals surface area contributed by atoms with Gasteiger partial charge in [-0.05, 0) is 30.0 Å². The fraction of sp³-hybridized carbons (Fsp3) is 0.333. The second kappa shape index (κ2) is 6.62. The molecule has 0 unspecified atom stereocenters. The number of anilines is 1. The molecule has 0 atom stereocenters. The van der Waals surface area contributed by atoms with Crippen molar-refractivity contribution >= 4 is 33.1 Å². The lowest BCUT2D eigenvalue weighted by Crippen LogP contribution is -2.30. The molecule has 5 rings (SSSR count). The van der Waals surface area contributed by atoms with Crippen molar-refractivity contribution in [2.45, 2.75) is 38.4 Å². The summed E-state index contributed by atoms with van der Waals surface area (Å²) < 4.78 is 0. The molecule has 1 saturated carbocycles. The lowest BCUT2D eigenvalue weighted by atomic mass is 10.0. The third-order valence-corrected chi connectivity index (χ3v) is 6.43. The van der Waals surface area contributed by atoms with E-state index in [1.807, 2.05) is 6.07 Å². The van der Waals surface area contributed by atoms with Gasteiger partial charge in [0.2, 0.25) is 0 Å². The molecule has 27 heavy (non-hydrogen) atoms. The molecule has 0 bridgehead atoms. The molecule has 2 aromatic heterocycles. The minimum atomic E-state index is -0.0540. The van der Waals surface area contributed by atoms with Gasteiger partial charge in [-0.3, -0.25) is 9.69 Å². The van der Waals surface area contributed by atoms with Crippen molar-refractivity contribution in [3.8, 4) is 0 Å². The normalized spacial score (nSPS) is 17.0. The molecule has 1 fully saturated rings. The zero-order valence-electron chi connectivity index (χ0n) is 15.1.